The van der Waals surface area contributed by atoms with Crippen LogP contribution in [0.2, 0.25) is 0 Å². The number of carbonyl (C=O) groups is 1. The van der Waals surface area contributed by atoms with Crippen molar-refractivity contribution in [2.45, 2.75) is 20.4 Å². The Morgan fingerprint density at radius 3 is 2.40 bits per heavy atom. The van der Waals surface area contributed by atoms with Crippen LogP contribution in [0.3, 0.4) is 0 Å². The Hall–Kier alpha value is -2.29. The molecule has 0 atom stereocenters. The largest absolute Gasteiger partial charge is 0.496 e. The van der Waals surface area contributed by atoms with Crippen molar-refractivity contribution in [1.82, 2.24) is 5.32 Å². The van der Waals surface area contributed by atoms with Crippen molar-refractivity contribution < 1.29 is 9.53 Å². The molecule has 0 aromatic heterocycles. The molecule has 1 N–H and O–H groups in total. The molecule has 0 heterocycles. The molecular formula is C17H19NO2. The summed E-state index contributed by atoms with van der Waals surface area (Å²) in [5.74, 6) is 0.718. The van der Waals surface area contributed by atoms with Gasteiger partial charge < -0.3 is 10.1 Å². The zero-order valence-corrected chi connectivity index (χ0v) is 12.1. The van der Waals surface area contributed by atoms with Crippen LogP contribution < -0.4 is 10.1 Å². The Balaban J connectivity index is 2.08. The van der Waals surface area contributed by atoms with Gasteiger partial charge in [0.2, 0.25) is 0 Å². The Morgan fingerprint density at radius 2 is 1.75 bits per heavy atom. The third-order valence-corrected chi connectivity index (χ3v) is 3.12. The van der Waals surface area contributed by atoms with Gasteiger partial charge >= 0.3 is 0 Å². The number of rotatable bonds is 4. The molecule has 0 spiro atoms. The fourth-order valence-corrected chi connectivity index (χ4v) is 2.23. The van der Waals surface area contributed by atoms with Gasteiger partial charge in [0, 0.05) is 17.7 Å². The summed E-state index contributed by atoms with van der Waals surface area (Å²) in [5, 5.41) is 2.93. The van der Waals surface area contributed by atoms with Crippen LogP contribution in [0.1, 0.15) is 27.0 Å². The van der Waals surface area contributed by atoms with Gasteiger partial charge in [0.15, 0.2) is 0 Å². The van der Waals surface area contributed by atoms with Crippen molar-refractivity contribution in [2.24, 2.45) is 0 Å². The third-order valence-electron chi connectivity index (χ3n) is 3.12. The minimum Gasteiger partial charge on any atom is -0.496 e. The maximum Gasteiger partial charge on any atom is 0.251 e. The lowest BCUT2D eigenvalue weighted by Gasteiger charge is -2.10. The average Bonchev–Trinajstić information content (AvgIpc) is 2.44. The third kappa shape index (κ3) is 3.38. The lowest BCUT2D eigenvalue weighted by atomic mass is 10.1. The van der Waals surface area contributed by atoms with Gasteiger partial charge in [-0.05, 0) is 32.0 Å². The second-order valence-corrected chi connectivity index (χ2v) is 4.87. The predicted molar refractivity (Wildman–Crippen MR) is 80.1 cm³/mol. The summed E-state index contributed by atoms with van der Waals surface area (Å²) < 4.78 is 5.27. The smallest absolute Gasteiger partial charge is 0.251 e. The zero-order chi connectivity index (χ0) is 14.5. The van der Waals surface area contributed by atoms with Crippen molar-refractivity contribution in [3.05, 3.63) is 64.7 Å². The number of para-hydroxylation sites is 1. The number of aryl methyl sites for hydroxylation is 2. The van der Waals surface area contributed by atoms with Crippen molar-refractivity contribution >= 4 is 5.91 Å². The van der Waals surface area contributed by atoms with Crippen LogP contribution in [0.5, 0.6) is 5.75 Å². The molecular weight excluding hydrogens is 250 g/mol. The van der Waals surface area contributed by atoms with Gasteiger partial charge in [0.05, 0.1) is 7.11 Å². The second-order valence-electron chi connectivity index (χ2n) is 4.87. The molecule has 2 rings (SSSR count). The van der Waals surface area contributed by atoms with Gasteiger partial charge in [-0.1, -0.05) is 35.4 Å². The summed E-state index contributed by atoms with van der Waals surface area (Å²) in [7, 11) is 1.63. The van der Waals surface area contributed by atoms with E-state index < -0.39 is 0 Å². The van der Waals surface area contributed by atoms with Gasteiger partial charge in [-0.25, -0.2) is 0 Å². The Kier molecular flexibility index (Phi) is 4.41. The van der Waals surface area contributed by atoms with E-state index in [-0.39, 0.29) is 5.91 Å². The van der Waals surface area contributed by atoms with E-state index in [0.29, 0.717) is 12.1 Å². The highest BCUT2D eigenvalue weighted by molar-refractivity contribution is 5.94. The Morgan fingerprint density at radius 1 is 1.10 bits per heavy atom. The molecule has 0 bridgehead atoms. The summed E-state index contributed by atoms with van der Waals surface area (Å²) in [6.45, 7) is 4.43. The first kappa shape index (κ1) is 14.1. The first-order valence-corrected chi connectivity index (χ1v) is 6.58. The molecule has 1 amide bonds. The Labute approximate surface area is 119 Å². The van der Waals surface area contributed by atoms with E-state index in [9.17, 15) is 4.79 Å². The molecule has 0 aliphatic rings. The van der Waals surface area contributed by atoms with Crippen molar-refractivity contribution in [1.29, 1.82) is 0 Å². The normalized spacial score (nSPS) is 10.2. The van der Waals surface area contributed by atoms with Gasteiger partial charge in [0.25, 0.3) is 5.91 Å². The maximum absolute atomic E-state index is 12.2. The molecule has 104 valence electrons. The molecule has 3 nitrogen and oxygen atoms in total. The number of ether oxygens (including phenoxy) is 1. The maximum atomic E-state index is 12.2. The molecule has 3 heteroatoms. The fourth-order valence-electron chi connectivity index (χ4n) is 2.23. The highest BCUT2D eigenvalue weighted by Gasteiger charge is 2.08. The average molecular weight is 269 g/mol. The lowest BCUT2D eigenvalue weighted by Crippen LogP contribution is -2.23. The van der Waals surface area contributed by atoms with Gasteiger partial charge in [-0.3, -0.25) is 4.79 Å². The topological polar surface area (TPSA) is 38.3 Å². The summed E-state index contributed by atoms with van der Waals surface area (Å²) >= 11 is 0. The van der Waals surface area contributed by atoms with Gasteiger partial charge in [-0.15, -0.1) is 0 Å². The monoisotopic (exact) mass is 269 g/mol. The summed E-state index contributed by atoms with van der Waals surface area (Å²) in [5.41, 5.74) is 3.84. The SMILES string of the molecule is COc1ccccc1CNC(=O)c1cc(C)cc(C)c1. The van der Waals surface area contributed by atoms with Crippen LogP contribution in [0.25, 0.3) is 0 Å². The van der Waals surface area contributed by atoms with Crippen LogP contribution in [0.15, 0.2) is 42.5 Å². The standard InChI is InChI=1S/C17H19NO2/c1-12-8-13(2)10-15(9-12)17(19)18-11-14-6-4-5-7-16(14)20-3/h4-10H,11H2,1-3H3,(H,18,19). The number of hydrogen-bond acceptors (Lipinski definition) is 2. The Bertz CT molecular complexity index is 600. The van der Waals surface area contributed by atoms with E-state index in [1.165, 1.54) is 0 Å². The highest BCUT2D eigenvalue weighted by Crippen LogP contribution is 2.17. The highest BCUT2D eigenvalue weighted by atomic mass is 16.5. The van der Waals surface area contributed by atoms with Gasteiger partial charge in [-0.2, -0.15) is 0 Å². The van der Waals surface area contributed by atoms with Crippen LogP contribution in [-0.2, 0) is 6.54 Å². The first-order chi connectivity index (χ1) is 9.60. The van der Waals surface area contributed by atoms with Crippen LogP contribution in [0, 0.1) is 13.8 Å². The van der Waals surface area contributed by atoms with E-state index in [4.69, 9.17) is 4.74 Å². The van der Waals surface area contributed by atoms with E-state index in [2.05, 4.69) is 11.4 Å². The second kappa shape index (κ2) is 6.24. The molecule has 2 aromatic rings. The molecule has 0 saturated heterocycles. The fraction of sp³-hybridized carbons (Fsp3) is 0.235. The number of amides is 1. The molecule has 0 fully saturated rings. The quantitative estimate of drug-likeness (QED) is 0.925. The lowest BCUT2D eigenvalue weighted by molar-refractivity contribution is 0.0950. The summed E-state index contributed by atoms with van der Waals surface area (Å²) in [6, 6.07) is 13.5. The van der Waals surface area contributed by atoms with E-state index in [1.54, 1.807) is 7.11 Å². The molecule has 0 saturated carbocycles. The molecule has 0 aliphatic heterocycles. The minimum atomic E-state index is -0.0669. The van der Waals surface area contributed by atoms with E-state index in [0.717, 1.165) is 22.4 Å². The first-order valence-electron chi connectivity index (χ1n) is 6.58. The van der Waals surface area contributed by atoms with Crippen LogP contribution in [0.4, 0.5) is 0 Å². The summed E-state index contributed by atoms with van der Waals surface area (Å²) in [4.78, 5) is 12.2. The molecule has 0 radical (unpaired) electrons. The number of benzene rings is 2. The number of carbonyl (C=O) groups excluding carboxylic acids is 1. The van der Waals surface area contributed by atoms with Crippen molar-refractivity contribution in [3.8, 4) is 5.75 Å². The minimum absolute atomic E-state index is 0.0669. The zero-order valence-electron chi connectivity index (χ0n) is 12.1. The van der Waals surface area contributed by atoms with E-state index >= 15 is 0 Å². The predicted octanol–water partition coefficient (Wildman–Crippen LogP) is 3.24. The molecule has 20 heavy (non-hydrogen) atoms. The summed E-state index contributed by atoms with van der Waals surface area (Å²) in [6.07, 6.45) is 0. The van der Waals surface area contributed by atoms with Crippen LogP contribution in [-0.4, -0.2) is 13.0 Å². The van der Waals surface area contributed by atoms with Crippen LogP contribution >= 0.6 is 0 Å². The van der Waals surface area contributed by atoms with Gasteiger partial charge in [0.1, 0.15) is 5.75 Å². The van der Waals surface area contributed by atoms with E-state index in [1.807, 2.05) is 50.2 Å². The number of hydrogen-bond donors (Lipinski definition) is 1. The van der Waals surface area contributed by atoms with Crippen molar-refractivity contribution in [3.63, 3.8) is 0 Å². The number of nitrogens with one attached hydrogen (secondary N) is 1. The number of methoxy groups -OCH3 is 1. The molecule has 0 aliphatic carbocycles. The van der Waals surface area contributed by atoms with Crippen molar-refractivity contribution in [2.75, 3.05) is 7.11 Å². The molecule has 0 unspecified atom stereocenters. The molecule has 2 aromatic carbocycles.